The van der Waals surface area contributed by atoms with E-state index in [1.807, 2.05) is 12.1 Å². The maximum absolute atomic E-state index is 11.4. The second kappa shape index (κ2) is 5.39. The van der Waals surface area contributed by atoms with Gasteiger partial charge in [0.1, 0.15) is 5.75 Å². The third-order valence-electron chi connectivity index (χ3n) is 2.30. The van der Waals surface area contributed by atoms with Gasteiger partial charge in [-0.1, -0.05) is 19.4 Å². The summed E-state index contributed by atoms with van der Waals surface area (Å²) in [4.78, 5) is 11.4. The minimum absolute atomic E-state index is 0.0867. The molecule has 1 aromatic carbocycles. The monoisotopic (exact) mass is 207 g/mol. The molecule has 1 aromatic rings. The lowest BCUT2D eigenvalue weighted by atomic mass is 10.1. The van der Waals surface area contributed by atoms with Crippen LogP contribution in [0, 0.1) is 0 Å². The fraction of sp³-hybridized carbons (Fsp3) is 0.417. The number of carbonyl (C=O) groups is 1. The van der Waals surface area contributed by atoms with Crippen LogP contribution in [0.25, 0.3) is 0 Å². The molecule has 0 bridgehead atoms. The average Bonchev–Trinajstić information content (AvgIpc) is 2.29. The Kier molecular flexibility index (Phi) is 4.16. The summed E-state index contributed by atoms with van der Waals surface area (Å²) in [6.45, 7) is 2.12. The molecule has 0 atom stereocenters. The summed E-state index contributed by atoms with van der Waals surface area (Å²) in [5.41, 5.74) is 1.78. The standard InChI is InChI=1S/C12H17NO2/c1-4-5-9-6-7-10(12(14)13-2)8-11(9)15-3/h6-8H,4-5H2,1-3H3,(H,13,14). The molecule has 0 aliphatic carbocycles. The predicted octanol–water partition coefficient (Wildman–Crippen LogP) is 2.01. The molecule has 0 aliphatic rings. The predicted molar refractivity (Wildman–Crippen MR) is 60.4 cm³/mol. The molecule has 3 nitrogen and oxygen atoms in total. The molecule has 0 aromatic heterocycles. The SMILES string of the molecule is CCCc1ccc(C(=O)NC)cc1OC. The first kappa shape index (κ1) is 11.6. The molecule has 0 heterocycles. The first-order chi connectivity index (χ1) is 7.22. The molecule has 0 aliphatic heterocycles. The van der Waals surface area contributed by atoms with Crippen molar-refractivity contribution in [2.45, 2.75) is 19.8 Å². The third kappa shape index (κ3) is 2.72. The summed E-state index contributed by atoms with van der Waals surface area (Å²) in [5, 5.41) is 2.59. The Bertz CT molecular complexity index is 347. The summed E-state index contributed by atoms with van der Waals surface area (Å²) in [6.07, 6.45) is 2.03. The van der Waals surface area contributed by atoms with Crippen molar-refractivity contribution in [2.75, 3.05) is 14.2 Å². The maximum Gasteiger partial charge on any atom is 0.251 e. The van der Waals surface area contributed by atoms with Crippen LogP contribution in [-0.4, -0.2) is 20.1 Å². The summed E-state index contributed by atoms with van der Waals surface area (Å²) in [6, 6.07) is 5.56. The second-order valence-corrected chi connectivity index (χ2v) is 3.36. The van der Waals surface area contributed by atoms with Crippen LogP contribution in [0.15, 0.2) is 18.2 Å². The number of methoxy groups -OCH3 is 1. The number of hydrogen-bond acceptors (Lipinski definition) is 2. The summed E-state index contributed by atoms with van der Waals surface area (Å²) < 4.78 is 5.25. The van der Waals surface area contributed by atoms with E-state index in [0.29, 0.717) is 5.56 Å². The summed E-state index contributed by atoms with van der Waals surface area (Å²) in [5.74, 6) is 0.703. The van der Waals surface area contributed by atoms with Crippen molar-refractivity contribution in [3.05, 3.63) is 29.3 Å². The van der Waals surface area contributed by atoms with Gasteiger partial charge in [0.2, 0.25) is 0 Å². The lowest BCUT2D eigenvalue weighted by molar-refractivity contribution is 0.0962. The molecule has 0 spiro atoms. The van der Waals surface area contributed by atoms with Gasteiger partial charge in [-0.3, -0.25) is 4.79 Å². The highest BCUT2D eigenvalue weighted by atomic mass is 16.5. The van der Waals surface area contributed by atoms with Crippen molar-refractivity contribution in [3.63, 3.8) is 0 Å². The van der Waals surface area contributed by atoms with Crippen LogP contribution in [0.2, 0.25) is 0 Å². The molecule has 1 N–H and O–H groups in total. The van der Waals surface area contributed by atoms with E-state index in [4.69, 9.17) is 4.74 Å². The topological polar surface area (TPSA) is 38.3 Å². The van der Waals surface area contributed by atoms with Crippen LogP contribution in [0.5, 0.6) is 5.75 Å². The fourth-order valence-corrected chi connectivity index (χ4v) is 1.51. The molecule has 0 saturated carbocycles. The first-order valence-electron chi connectivity index (χ1n) is 5.12. The van der Waals surface area contributed by atoms with E-state index in [2.05, 4.69) is 12.2 Å². The fourth-order valence-electron chi connectivity index (χ4n) is 1.51. The van der Waals surface area contributed by atoms with Crippen molar-refractivity contribution < 1.29 is 9.53 Å². The Labute approximate surface area is 90.4 Å². The number of nitrogens with one attached hydrogen (secondary N) is 1. The van der Waals surface area contributed by atoms with Crippen molar-refractivity contribution >= 4 is 5.91 Å². The van der Waals surface area contributed by atoms with Crippen LogP contribution in [0.3, 0.4) is 0 Å². The van der Waals surface area contributed by atoms with E-state index >= 15 is 0 Å². The molecule has 0 fully saturated rings. The van der Waals surface area contributed by atoms with Crippen LogP contribution in [0.4, 0.5) is 0 Å². The number of benzene rings is 1. The molecule has 15 heavy (non-hydrogen) atoms. The first-order valence-corrected chi connectivity index (χ1v) is 5.12. The molecule has 0 radical (unpaired) electrons. The molecule has 1 rings (SSSR count). The Balaban J connectivity index is 3.01. The number of hydrogen-bond donors (Lipinski definition) is 1. The Morgan fingerprint density at radius 3 is 2.73 bits per heavy atom. The van der Waals surface area contributed by atoms with Gasteiger partial charge in [0.05, 0.1) is 7.11 Å². The normalized spacial score (nSPS) is 9.80. The van der Waals surface area contributed by atoms with Crippen LogP contribution in [-0.2, 0) is 6.42 Å². The Morgan fingerprint density at radius 1 is 1.47 bits per heavy atom. The highest BCUT2D eigenvalue weighted by Gasteiger charge is 2.07. The second-order valence-electron chi connectivity index (χ2n) is 3.36. The third-order valence-corrected chi connectivity index (χ3v) is 2.30. The van der Waals surface area contributed by atoms with Gasteiger partial charge in [0, 0.05) is 12.6 Å². The van der Waals surface area contributed by atoms with E-state index in [-0.39, 0.29) is 5.91 Å². The quantitative estimate of drug-likeness (QED) is 0.820. The molecular weight excluding hydrogens is 190 g/mol. The minimum atomic E-state index is -0.0867. The highest BCUT2D eigenvalue weighted by Crippen LogP contribution is 2.21. The van der Waals surface area contributed by atoms with E-state index in [0.717, 1.165) is 24.2 Å². The zero-order chi connectivity index (χ0) is 11.3. The number of carbonyl (C=O) groups excluding carboxylic acids is 1. The Hall–Kier alpha value is -1.51. The summed E-state index contributed by atoms with van der Waals surface area (Å²) in [7, 11) is 3.25. The lowest BCUT2D eigenvalue weighted by Gasteiger charge is -2.09. The van der Waals surface area contributed by atoms with Crippen LogP contribution >= 0.6 is 0 Å². The van der Waals surface area contributed by atoms with E-state index in [1.54, 1.807) is 20.2 Å². The van der Waals surface area contributed by atoms with E-state index in [1.165, 1.54) is 0 Å². The summed E-state index contributed by atoms with van der Waals surface area (Å²) >= 11 is 0. The largest absolute Gasteiger partial charge is 0.496 e. The van der Waals surface area contributed by atoms with Gasteiger partial charge in [-0.25, -0.2) is 0 Å². The van der Waals surface area contributed by atoms with Crippen molar-refractivity contribution in [3.8, 4) is 5.75 Å². The van der Waals surface area contributed by atoms with Gasteiger partial charge < -0.3 is 10.1 Å². The van der Waals surface area contributed by atoms with Crippen LogP contribution in [0.1, 0.15) is 29.3 Å². The van der Waals surface area contributed by atoms with Crippen molar-refractivity contribution in [1.29, 1.82) is 0 Å². The molecule has 0 unspecified atom stereocenters. The molecule has 0 saturated heterocycles. The van der Waals surface area contributed by atoms with Gasteiger partial charge >= 0.3 is 0 Å². The number of amides is 1. The molecule has 1 amide bonds. The molecule has 82 valence electrons. The van der Waals surface area contributed by atoms with Gasteiger partial charge in [-0.15, -0.1) is 0 Å². The Morgan fingerprint density at radius 2 is 2.20 bits per heavy atom. The average molecular weight is 207 g/mol. The minimum Gasteiger partial charge on any atom is -0.496 e. The van der Waals surface area contributed by atoms with Crippen molar-refractivity contribution in [1.82, 2.24) is 5.32 Å². The zero-order valence-electron chi connectivity index (χ0n) is 9.46. The molecule has 3 heteroatoms. The van der Waals surface area contributed by atoms with Gasteiger partial charge in [0.25, 0.3) is 5.91 Å². The van der Waals surface area contributed by atoms with Crippen molar-refractivity contribution in [2.24, 2.45) is 0 Å². The van der Waals surface area contributed by atoms with Crippen LogP contribution < -0.4 is 10.1 Å². The van der Waals surface area contributed by atoms with Gasteiger partial charge in [-0.05, 0) is 24.1 Å². The van der Waals surface area contributed by atoms with Gasteiger partial charge in [-0.2, -0.15) is 0 Å². The molecular formula is C12H17NO2. The lowest BCUT2D eigenvalue weighted by Crippen LogP contribution is -2.17. The smallest absolute Gasteiger partial charge is 0.251 e. The number of ether oxygens (including phenoxy) is 1. The highest BCUT2D eigenvalue weighted by molar-refractivity contribution is 5.94. The number of aryl methyl sites for hydroxylation is 1. The van der Waals surface area contributed by atoms with Gasteiger partial charge in [0.15, 0.2) is 0 Å². The van der Waals surface area contributed by atoms with E-state index < -0.39 is 0 Å². The zero-order valence-corrected chi connectivity index (χ0v) is 9.46. The maximum atomic E-state index is 11.4. The van der Waals surface area contributed by atoms with E-state index in [9.17, 15) is 4.79 Å². The number of rotatable bonds is 4.